The zero-order valence-electron chi connectivity index (χ0n) is 9.99. The standard InChI is InChI=1S/C12H19N3O/c1-11(2)7-8(11)9-14-10(15-16-9)12(13)5-3-4-6-12/h8H,3-7,13H2,1-2H3. The highest BCUT2D eigenvalue weighted by atomic mass is 16.5. The number of nitrogens with zero attached hydrogens (tertiary/aromatic N) is 2. The maximum atomic E-state index is 6.30. The SMILES string of the molecule is CC1(C)CC1c1nc(C2(N)CCCC2)no1. The molecule has 1 heterocycles. The van der Waals surface area contributed by atoms with E-state index in [1.165, 1.54) is 12.8 Å². The normalized spacial score (nSPS) is 30.6. The van der Waals surface area contributed by atoms with E-state index in [1.807, 2.05) is 0 Å². The quantitative estimate of drug-likeness (QED) is 0.832. The minimum absolute atomic E-state index is 0.319. The molecule has 1 unspecified atom stereocenters. The molecule has 1 atom stereocenters. The second-order valence-corrected chi connectivity index (χ2v) is 6.06. The monoisotopic (exact) mass is 221 g/mol. The Labute approximate surface area is 95.6 Å². The number of rotatable bonds is 2. The van der Waals surface area contributed by atoms with Gasteiger partial charge in [0.15, 0.2) is 5.82 Å². The van der Waals surface area contributed by atoms with Crippen molar-refractivity contribution in [3.8, 4) is 0 Å². The molecule has 2 N–H and O–H groups in total. The van der Waals surface area contributed by atoms with E-state index in [0.717, 1.165) is 31.0 Å². The van der Waals surface area contributed by atoms with Gasteiger partial charge in [-0.1, -0.05) is 31.8 Å². The first-order valence-corrected chi connectivity index (χ1v) is 6.14. The van der Waals surface area contributed by atoms with Gasteiger partial charge < -0.3 is 10.3 Å². The first kappa shape index (κ1) is 10.3. The van der Waals surface area contributed by atoms with Crippen molar-refractivity contribution in [3.05, 3.63) is 11.7 Å². The van der Waals surface area contributed by atoms with Crippen LogP contribution in [-0.4, -0.2) is 10.1 Å². The lowest BCUT2D eigenvalue weighted by Gasteiger charge is -2.17. The van der Waals surface area contributed by atoms with E-state index in [1.54, 1.807) is 0 Å². The molecule has 0 saturated heterocycles. The second kappa shape index (κ2) is 3.06. The fraction of sp³-hybridized carbons (Fsp3) is 0.833. The van der Waals surface area contributed by atoms with Crippen LogP contribution in [0.1, 0.15) is 63.6 Å². The van der Waals surface area contributed by atoms with Gasteiger partial charge in [0.1, 0.15) is 0 Å². The minimum Gasteiger partial charge on any atom is -0.339 e. The summed E-state index contributed by atoms with van der Waals surface area (Å²) < 4.78 is 5.36. The van der Waals surface area contributed by atoms with Crippen molar-refractivity contribution in [2.45, 2.75) is 57.4 Å². The van der Waals surface area contributed by atoms with E-state index < -0.39 is 0 Å². The van der Waals surface area contributed by atoms with Crippen LogP contribution in [0, 0.1) is 5.41 Å². The molecule has 0 aliphatic heterocycles. The number of aromatic nitrogens is 2. The van der Waals surface area contributed by atoms with E-state index in [-0.39, 0.29) is 5.54 Å². The van der Waals surface area contributed by atoms with E-state index >= 15 is 0 Å². The zero-order valence-corrected chi connectivity index (χ0v) is 9.99. The molecular formula is C12H19N3O. The molecule has 4 nitrogen and oxygen atoms in total. The van der Waals surface area contributed by atoms with Gasteiger partial charge in [-0.3, -0.25) is 0 Å². The summed E-state index contributed by atoms with van der Waals surface area (Å²) in [5, 5.41) is 4.09. The Morgan fingerprint density at radius 1 is 1.31 bits per heavy atom. The van der Waals surface area contributed by atoms with E-state index in [0.29, 0.717) is 11.3 Å². The van der Waals surface area contributed by atoms with Crippen LogP contribution >= 0.6 is 0 Å². The van der Waals surface area contributed by atoms with Crippen molar-refractivity contribution in [2.75, 3.05) is 0 Å². The Morgan fingerprint density at radius 2 is 1.94 bits per heavy atom. The second-order valence-electron chi connectivity index (χ2n) is 6.06. The van der Waals surface area contributed by atoms with Crippen molar-refractivity contribution >= 4 is 0 Å². The molecule has 2 fully saturated rings. The van der Waals surface area contributed by atoms with Crippen molar-refractivity contribution in [3.63, 3.8) is 0 Å². The van der Waals surface area contributed by atoms with Gasteiger partial charge in [0.25, 0.3) is 0 Å². The Kier molecular flexibility index (Phi) is 1.97. The van der Waals surface area contributed by atoms with Crippen molar-refractivity contribution < 1.29 is 4.52 Å². The summed E-state index contributed by atoms with van der Waals surface area (Å²) in [5.74, 6) is 1.96. The Hall–Kier alpha value is -0.900. The summed E-state index contributed by atoms with van der Waals surface area (Å²) in [4.78, 5) is 4.52. The summed E-state index contributed by atoms with van der Waals surface area (Å²) in [5.41, 5.74) is 6.31. The fourth-order valence-corrected chi connectivity index (χ4v) is 2.70. The van der Waals surface area contributed by atoms with Crippen LogP contribution in [0.3, 0.4) is 0 Å². The first-order chi connectivity index (χ1) is 7.51. The maximum absolute atomic E-state index is 6.30. The summed E-state index contributed by atoms with van der Waals surface area (Å²) in [7, 11) is 0. The summed E-state index contributed by atoms with van der Waals surface area (Å²) >= 11 is 0. The van der Waals surface area contributed by atoms with Gasteiger partial charge in [-0.05, 0) is 24.7 Å². The van der Waals surface area contributed by atoms with Crippen molar-refractivity contribution in [2.24, 2.45) is 11.1 Å². The summed E-state index contributed by atoms with van der Waals surface area (Å²) in [6, 6.07) is 0. The lowest BCUT2D eigenvalue weighted by molar-refractivity contribution is 0.343. The van der Waals surface area contributed by atoms with Crippen LogP contribution < -0.4 is 5.73 Å². The molecule has 2 aliphatic rings. The van der Waals surface area contributed by atoms with Gasteiger partial charge in [-0.15, -0.1) is 0 Å². The van der Waals surface area contributed by atoms with Crippen LogP contribution in [0.15, 0.2) is 4.52 Å². The molecule has 0 amide bonds. The number of hydrogen-bond donors (Lipinski definition) is 1. The third-order valence-corrected chi connectivity index (χ3v) is 4.19. The van der Waals surface area contributed by atoms with Gasteiger partial charge in [-0.25, -0.2) is 0 Å². The molecule has 16 heavy (non-hydrogen) atoms. The fourth-order valence-electron chi connectivity index (χ4n) is 2.70. The lowest BCUT2D eigenvalue weighted by Crippen LogP contribution is -2.34. The van der Waals surface area contributed by atoms with Crippen molar-refractivity contribution in [1.82, 2.24) is 10.1 Å². The van der Waals surface area contributed by atoms with Crippen LogP contribution in [0.4, 0.5) is 0 Å². The minimum atomic E-state index is -0.319. The van der Waals surface area contributed by atoms with Crippen molar-refractivity contribution in [1.29, 1.82) is 0 Å². The van der Waals surface area contributed by atoms with E-state index in [4.69, 9.17) is 10.3 Å². The summed E-state index contributed by atoms with van der Waals surface area (Å²) in [6.45, 7) is 4.46. The van der Waals surface area contributed by atoms with Gasteiger partial charge in [0.2, 0.25) is 5.89 Å². The smallest absolute Gasteiger partial charge is 0.230 e. The highest BCUT2D eigenvalue weighted by Gasteiger charge is 2.51. The number of hydrogen-bond acceptors (Lipinski definition) is 4. The predicted molar refractivity (Wildman–Crippen MR) is 59.8 cm³/mol. The van der Waals surface area contributed by atoms with E-state index in [2.05, 4.69) is 24.0 Å². The molecule has 0 spiro atoms. The molecule has 2 saturated carbocycles. The van der Waals surface area contributed by atoms with Crippen LogP contribution in [0.5, 0.6) is 0 Å². The molecular weight excluding hydrogens is 202 g/mol. The molecule has 0 aromatic carbocycles. The zero-order chi connectivity index (χ0) is 11.4. The molecule has 2 aliphatic carbocycles. The Morgan fingerprint density at radius 3 is 2.50 bits per heavy atom. The average Bonchev–Trinajstić information content (AvgIpc) is 2.68. The lowest BCUT2D eigenvalue weighted by atomic mass is 9.98. The van der Waals surface area contributed by atoms with Crippen LogP contribution in [0.2, 0.25) is 0 Å². The molecule has 1 aromatic heterocycles. The maximum Gasteiger partial charge on any atom is 0.230 e. The third kappa shape index (κ3) is 1.47. The Bertz CT molecular complexity index is 404. The highest BCUT2D eigenvalue weighted by molar-refractivity contribution is 5.15. The van der Waals surface area contributed by atoms with Gasteiger partial charge in [0.05, 0.1) is 5.54 Å². The third-order valence-electron chi connectivity index (χ3n) is 4.19. The number of nitrogens with two attached hydrogens (primary N) is 1. The molecule has 0 bridgehead atoms. The summed E-state index contributed by atoms with van der Waals surface area (Å²) in [6.07, 6.45) is 5.47. The van der Waals surface area contributed by atoms with Gasteiger partial charge in [-0.2, -0.15) is 4.98 Å². The molecule has 1 aromatic rings. The average molecular weight is 221 g/mol. The highest BCUT2D eigenvalue weighted by Crippen LogP contribution is 2.58. The molecule has 0 radical (unpaired) electrons. The molecule has 3 rings (SSSR count). The first-order valence-electron chi connectivity index (χ1n) is 6.14. The van der Waals surface area contributed by atoms with Gasteiger partial charge in [0, 0.05) is 5.92 Å². The van der Waals surface area contributed by atoms with E-state index in [9.17, 15) is 0 Å². The van der Waals surface area contributed by atoms with Gasteiger partial charge >= 0.3 is 0 Å². The molecule has 4 heteroatoms. The largest absolute Gasteiger partial charge is 0.339 e. The Balaban J connectivity index is 1.83. The topological polar surface area (TPSA) is 64.9 Å². The van der Waals surface area contributed by atoms with Crippen LogP contribution in [-0.2, 0) is 5.54 Å². The molecule has 88 valence electrons. The predicted octanol–water partition coefficient (Wildman–Crippen LogP) is 2.31. The van der Waals surface area contributed by atoms with Crippen LogP contribution in [0.25, 0.3) is 0 Å².